The highest BCUT2D eigenvalue weighted by molar-refractivity contribution is 5.72. The van der Waals surface area contributed by atoms with E-state index < -0.39 is 11.8 Å². The number of carbonyl (C=O) groups is 1. The average Bonchev–Trinajstić information content (AvgIpc) is 3.37. The smallest absolute Gasteiger partial charge is 0.417 e. The molecule has 0 spiro atoms. The minimum absolute atomic E-state index is 0.0282. The molecule has 5 rings (SSSR count). The van der Waals surface area contributed by atoms with Crippen LogP contribution in [0.5, 0.6) is 11.5 Å². The zero-order valence-corrected chi connectivity index (χ0v) is 22.9. The number of hydrogen-bond acceptors (Lipinski definition) is 7. The van der Waals surface area contributed by atoms with Crippen molar-refractivity contribution in [3.05, 3.63) is 94.0 Å². The minimum atomic E-state index is -0.954. The van der Waals surface area contributed by atoms with Gasteiger partial charge in [-0.1, -0.05) is 36.4 Å². The number of fused-ring (bicyclic) bond motifs is 1. The SMILES string of the molecule is COc1ccccc1COCCCOc1ccc([C@H]2CCN(C(=O)O)C[C@@H]2OCc2ccc3oc(=O)[nH]c3c2)cc1. The van der Waals surface area contributed by atoms with Gasteiger partial charge in [-0.05, 0) is 47.9 Å². The molecule has 216 valence electrons. The number of ether oxygens (including phenoxy) is 4. The fourth-order valence-electron chi connectivity index (χ4n) is 5.10. The molecule has 10 nitrogen and oxygen atoms in total. The van der Waals surface area contributed by atoms with Crippen LogP contribution in [0.15, 0.2) is 75.9 Å². The van der Waals surface area contributed by atoms with Crippen molar-refractivity contribution in [1.82, 2.24) is 9.88 Å². The molecule has 2 N–H and O–H groups in total. The Morgan fingerprint density at radius 2 is 1.90 bits per heavy atom. The summed E-state index contributed by atoms with van der Waals surface area (Å²) in [5, 5.41) is 9.57. The van der Waals surface area contributed by atoms with Crippen molar-refractivity contribution in [3.8, 4) is 11.5 Å². The van der Waals surface area contributed by atoms with Crippen LogP contribution in [0.4, 0.5) is 4.79 Å². The van der Waals surface area contributed by atoms with Crippen molar-refractivity contribution in [2.24, 2.45) is 0 Å². The molecule has 2 heterocycles. The standard InChI is InChI=1S/C31H34N2O8/c1-37-27-6-3-2-5-23(27)20-38-15-4-16-39-24-10-8-22(9-11-24)25-13-14-33(31(35)36)18-29(25)40-19-21-7-12-28-26(17-21)32-30(34)41-28/h2-3,5-12,17,25,29H,4,13-16,18-20H2,1H3,(H,32,34)(H,35,36)/t25-,29+/m1/s1. The van der Waals surface area contributed by atoms with Crippen LogP contribution < -0.4 is 15.2 Å². The topological polar surface area (TPSA) is 123 Å². The van der Waals surface area contributed by atoms with Crippen molar-refractivity contribution in [2.75, 3.05) is 33.4 Å². The third kappa shape index (κ3) is 7.27. The van der Waals surface area contributed by atoms with Gasteiger partial charge in [0.1, 0.15) is 11.5 Å². The Labute approximate surface area is 237 Å². The van der Waals surface area contributed by atoms with Gasteiger partial charge < -0.3 is 33.4 Å². The second-order valence-electron chi connectivity index (χ2n) is 9.95. The summed E-state index contributed by atoms with van der Waals surface area (Å²) in [7, 11) is 1.65. The first-order valence-corrected chi connectivity index (χ1v) is 13.6. The highest BCUT2D eigenvalue weighted by atomic mass is 16.5. The van der Waals surface area contributed by atoms with Crippen LogP contribution in [-0.4, -0.2) is 60.6 Å². The van der Waals surface area contributed by atoms with E-state index in [0.29, 0.717) is 43.9 Å². The minimum Gasteiger partial charge on any atom is -0.496 e. The number of aromatic amines is 1. The average molecular weight is 563 g/mol. The summed E-state index contributed by atoms with van der Waals surface area (Å²) in [5.74, 6) is 1.10. The number of benzene rings is 3. The first kappa shape index (κ1) is 28.3. The molecule has 0 bridgehead atoms. The lowest BCUT2D eigenvalue weighted by molar-refractivity contribution is -0.0199. The van der Waals surface area contributed by atoms with Crippen molar-refractivity contribution in [3.63, 3.8) is 0 Å². The van der Waals surface area contributed by atoms with Gasteiger partial charge in [0.2, 0.25) is 0 Å². The van der Waals surface area contributed by atoms with Gasteiger partial charge in [-0.15, -0.1) is 0 Å². The lowest BCUT2D eigenvalue weighted by Gasteiger charge is -2.37. The van der Waals surface area contributed by atoms with Gasteiger partial charge >= 0.3 is 11.8 Å². The van der Waals surface area contributed by atoms with Crippen molar-refractivity contribution >= 4 is 17.2 Å². The van der Waals surface area contributed by atoms with E-state index in [9.17, 15) is 14.7 Å². The maximum absolute atomic E-state index is 11.7. The van der Waals surface area contributed by atoms with Gasteiger partial charge in [0, 0.05) is 24.4 Å². The van der Waals surface area contributed by atoms with Gasteiger partial charge in [-0.2, -0.15) is 0 Å². The maximum atomic E-state index is 11.7. The number of H-pyrrole nitrogens is 1. The molecule has 0 unspecified atom stereocenters. The molecule has 1 aliphatic heterocycles. The van der Waals surface area contributed by atoms with Gasteiger partial charge in [0.15, 0.2) is 5.58 Å². The lowest BCUT2D eigenvalue weighted by atomic mass is 9.87. The molecule has 1 aromatic heterocycles. The van der Waals surface area contributed by atoms with E-state index in [1.165, 1.54) is 4.90 Å². The van der Waals surface area contributed by atoms with Crippen molar-refractivity contribution < 1.29 is 33.3 Å². The number of nitrogens with zero attached hydrogens (tertiary/aromatic N) is 1. The summed E-state index contributed by atoms with van der Waals surface area (Å²) in [6, 6.07) is 21.1. The molecule has 0 aliphatic carbocycles. The molecule has 4 aromatic rings. The number of likely N-dealkylation sites (tertiary alicyclic amines) is 1. The molecule has 1 fully saturated rings. The van der Waals surface area contributed by atoms with E-state index in [2.05, 4.69) is 4.98 Å². The zero-order chi connectivity index (χ0) is 28.6. The Morgan fingerprint density at radius 1 is 1.07 bits per heavy atom. The van der Waals surface area contributed by atoms with E-state index in [4.69, 9.17) is 23.4 Å². The summed E-state index contributed by atoms with van der Waals surface area (Å²) in [6.45, 7) is 2.58. The number of oxazole rings is 1. The summed E-state index contributed by atoms with van der Waals surface area (Å²) in [5.41, 5.74) is 4.02. The molecular weight excluding hydrogens is 528 g/mol. The summed E-state index contributed by atoms with van der Waals surface area (Å²) < 4.78 is 28.4. The first-order valence-electron chi connectivity index (χ1n) is 13.6. The normalized spacial score (nSPS) is 17.0. The van der Waals surface area contributed by atoms with Crippen LogP contribution in [0, 0.1) is 0 Å². The number of para-hydroxylation sites is 1. The second-order valence-corrected chi connectivity index (χ2v) is 9.95. The first-order chi connectivity index (χ1) is 20.0. The van der Waals surface area contributed by atoms with Crippen LogP contribution >= 0.6 is 0 Å². The molecule has 1 saturated heterocycles. The van der Waals surface area contributed by atoms with Crippen molar-refractivity contribution in [1.29, 1.82) is 0 Å². The van der Waals surface area contributed by atoms with Crippen LogP contribution in [0.1, 0.15) is 35.4 Å². The number of rotatable bonds is 12. The van der Waals surface area contributed by atoms with Gasteiger partial charge in [0.05, 0.1) is 51.7 Å². The zero-order valence-electron chi connectivity index (χ0n) is 22.9. The number of hydrogen-bond donors (Lipinski definition) is 2. The van der Waals surface area contributed by atoms with Gasteiger partial charge in [-0.3, -0.25) is 4.98 Å². The molecule has 3 aromatic carbocycles. The maximum Gasteiger partial charge on any atom is 0.417 e. The monoisotopic (exact) mass is 562 g/mol. The summed E-state index contributed by atoms with van der Waals surface area (Å²) in [6.07, 6.45) is 0.115. The predicted octanol–water partition coefficient (Wildman–Crippen LogP) is 5.17. The lowest BCUT2D eigenvalue weighted by Crippen LogP contribution is -2.46. The Hall–Kier alpha value is -4.28. The van der Waals surface area contributed by atoms with E-state index in [1.54, 1.807) is 13.2 Å². The van der Waals surface area contributed by atoms with Crippen LogP contribution in [-0.2, 0) is 22.7 Å². The van der Waals surface area contributed by atoms with Crippen molar-refractivity contribution in [2.45, 2.75) is 38.1 Å². The Morgan fingerprint density at radius 3 is 2.71 bits per heavy atom. The van der Waals surface area contributed by atoms with Gasteiger partial charge in [-0.25, -0.2) is 9.59 Å². The number of amides is 1. The highest BCUT2D eigenvalue weighted by Gasteiger charge is 2.33. The molecular formula is C31H34N2O8. The largest absolute Gasteiger partial charge is 0.496 e. The van der Waals surface area contributed by atoms with E-state index >= 15 is 0 Å². The van der Waals surface area contributed by atoms with Crippen LogP contribution in [0.2, 0.25) is 0 Å². The molecule has 2 atom stereocenters. The molecule has 0 radical (unpaired) electrons. The number of nitrogens with one attached hydrogen (secondary N) is 1. The fraction of sp³-hybridized carbons (Fsp3) is 0.355. The molecule has 1 amide bonds. The van der Waals surface area contributed by atoms with E-state index in [0.717, 1.165) is 34.6 Å². The summed E-state index contributed by atoms with van der Waals surface area (Å²) >= 11 is 0. The Bertz CT molecular complexity index is 1500. The number of methoxy groups -OCH3 is 1. The van der Waals surface area contributed by atoms with E-state index in [-0.39, 0.29) is 25.2 Å². The second kappa shape index (κ2) is 13.4. The van der Waals surface area contributed by atoms with E-state index in [1.807, 2.05) is 60.7 Å². The highest BCUT2D eigenvalue weighted by Crippen LogP contribution is 2.32. The Kier molecular flexibility index (Phi) is 9.22. The number of aromatic nitrogens is 1. The van der Waals surface area contributed by atoms with Crippen LogP contribution in [0.25, 0.3) is 11.1 Å². The number of carboxylic acid groups (broad SMARTS) is 1. The molecule has 41 heavy (non-hydrogen) atoms. The van der Waals surface area contributed by atoms with Gasteiger partial charge in [0.25, 0.3) is 0 Å². The fourth-order valence-corrected chi connectivity index (χ4v) is 5.10. The molecule has 10 heteroatoms. The molecule has 1 aliphatic rings. The quantitative estimate of drug-likeness (QED) is 0.227. The Balaban J connectivity index is 1.13. The third-order valence-electron chi connectivity index (χ3n) is 7.24. The third-order valence-corrected chi connectivity index (χ3v) is 7.24. The summed E-state index contributed by atoms with van der Waals surface area (Å²) in [4.78, 5) is 27.2. The number of piperidine rings is 1. The molecule has 0 saturated carbocycles. The van der Waals surface area contributed by atoms with Crippen LogP contribution in [0.3, 0.4) is 0 Å². The predicted molar refractivity (Wildman–Crippen MR) is 152 cm³/mol.